The first-order valence-electron chi connectivity index (χ1n) is 9.42. The summed E-state index contributed by atoms with van der Waals surface area (Å²) < 4.78 is 44.5. The minimum Gasteiger partial charge on any atom is -0.467 e. The number of piperidine rings is 1. The number of benzene rings is 1. The number of para-hydroxylation sites is 1. The molecule has 1 N–H and O–H groups in total. The van der Waals surface area contributed by atoms with Crippen molar-refractivity contribution in [3.05, 3.63) is 41.6 Å². The van der Waals surface area contributed by atoms with Crippen molar-refractivity contribution in [1.29, 1.82) is 0 Å². The number of aryl methyl sites for hydroxylation is 1. The van der Waals surface area contributed by atoms with Crippen LogP contribution in [0, 0.1) is 12.8 Å². The molecule has 1 saturated heterocycles. The molecule has 1 fully saturated rings. The van der Waals surface area contributed by atoms with Crippen LogP contribution < -0.4 is 15.0 Å². The van der Waals surface area contributed by atoms with Crippen molar-refractivity contribution in [2.45, 2.75) is 32.9 Å². The highest BCUT2D eigenvalue weighted by Gasteiger charge is 2.33. The average molecular weight is 408 g/mol. The maximum Gasteiger partial charge on any atom is 0.418 e. The lowest BCUT2D eigenvalue weighted by Gasteiger charge is -2.31. The van der Waals surface area contributed by atoms with Gasteiger partial charge in [0.15, 0.2) is 6.61 Å². The van der Waals surface area contributed by atoms with Crippen LogP contribution in [-0.2, 0) is 11.0 Å². The van der Waals surface area contributed by atoms with Crippen LogP contribution in [-0.4, -0.2) is 35.6 Å². The van der Waals surface area contributed by atoms with Gasteiger partial charge in [0.1, 0.15) is 0 Å². The van der Waals surface area contributed by atoms with Crippen molar-refractivity contribution in [2.75, 3.05) is 29.9 Å². The molecule has 156 valence electrons. The normalized spacial score (nSPS) is 17.1. The number of amides is 1. The van der Waals surface area contributed by atoms with E-state index < -0.39 is 24.3 Å². The van der Waals surface area contributed by atoms with Crippen molar-refractivity contribution in [2.24, 2.45) is 5.92 Å². The number of nitrogens with zero attached hydrogens (tertiary/aromatic N) is 3. The number of halogens is 3. The van der Waals surface area contributed by atoms with Gasteiger partial charge in [-0.25, -0.2) is 4.98 Å². The van der Waals surface area contributed by atoms with Gasteiger partial charge < -0.3 is 15.0 Å². The second-order valence-corrected chi connectivity index (χ2v) is 7.22. The molecule has 0 aliphatic carbocycles. The molecule has 0 spiro atoms. The molecule has 2 aromatic rings. The standard InChI is InChI=1S/C20H23F3N4O2/c1-13-6-5-9-27(11-13)19-24-14(2)10-18(26-19)29-12-17(28)25-16-8-4-3-7-15(16)20(21,22)23/h3-4,7-8,10,13H,5-6,9,11-12H2,1-2H3,(H,25,28). The second-order valence-electron chi connectivity index (χ2n) is 7.22. The Morgan fingerprint density at radius 2 is 2.07 bits per heavy atom. The third-order valence-electron chi connectivity index (χ3n) is 4.62. The molecule has 0 bridgehead atoms. The van der Waals surface area contributed by atoms with Gasteiger partial charge >= 0.3 is 6.18 Å². The predicted molar refractivity (Wildman–Crippen MR) is 103 cm³/mol. The van der Waals surface area contributed by atoms with Crippen molar-refractivity contribution in [1.82, 2.24) is 9.97 Å². The Hall–Kier alpha value is -2.84. The molecular formula is C20H23F3N4O2. The minimum atomic E-state index is -4.56. The number of rotatable bonds is 5. The van der Waals surface area contributed by atoms with Crippen molar-refractivity contribution in [3.8, 4) is 5.88 Å². The van der Waals surface area contributed by atoms with Crippen LogP contribution in [0.4, 0.5) is 24.8 Å². The third kappa shape index (κ3) is 5.58. The van der Waals surface area contributed by atoms with Crippen LogP contribution in [0.3, 0.4) is 0 Å². The van der Waals surface area contributed by atoms with Crippen LogP contribution in [0.25, 0.3) is 0 Å². The first-order chi connectivity index (χ1) is 13.7. The molecule has 1 aliphatic rings. The highest BCUT2D eigenvalue weighted by molar-refractivity contribution is 5.92. The fourth-order valence-corrected chi connectivity index (χ4v) is 3.28. The van der Waals surface area contributed by atoms with Crippen LogP contribution in [0.1, 0.15) is 31.0 Å². The summed E-state index contributed by atoms with van der Waals surface area (Å²) in [5.41, 5.74) is -0.533. The third-order valence-corrected chi connectivity index (χ3v) is 4.62. The van der Waals surface area contributed by atoms with Gasteiger partial charge in [-0.2, -0.15) is 18.2 Å². The Balaban J connectivity index is 1.65. The molecule has 0 radical (unpaired) electrons. The van der Waals surface area contributed by atoms with E-state index in [0.717, 1.165) is 32.0 Å². The summed E-state index contributed by atoms with van der Waals surface area (Å²) in [6, 6.07) is 6.39. The van der Waals surface area contributed by atoms with Crippen LogP contribution in [0.5, 0.6) is 5.88 Å². The van der Waals surface area contributed by atoms with Gasteiger partial charge in [0, 0.05) is 24.8 Å². The molecule has 0 saturated carbocycles. The van der Waals surface area contributed by atoms with Crippen molar-refractivity contribution < 1.29 is 22.7 Å². The van der Waals surface area contributed by atoms with Gasteiger partial charge in [-0.3, -0.25) is 4.79 Å². The molecule has 1 amide bonds. The van der Waals surface area contributed by atoms with Gasteiger partial charge in [-0.1, -0.05) is 19.1 Å². The van der Waals surface area contributed by atoms with Crippen molar-refractivity contribution >= 4 is 17.5 Å². The number of hydrogen-bond acceptors (Lipinski definition) is 5. The number of alkyl halides is 3. The van der Waals surface area contributed by atoms with E-state index >= 15 is 0 Å². The monoisotopic (exact) mass is 408 g/mol. The predicted octanol–water partition coefficient (Wildman–Crippen LogP) is 4.06. The largest absolute Gasteiger partial charge is 0.467 e. The molecule has 1 unspecified atom stereocenters. The first kappa shape index (κ1) is 20.9. The number of ether oxygens (including phenoxy) is 1. The van der Waals surface area contributed by atoms with Crippen LogP contribution in [0.15, 0.2) is 30.3 Å². The highest BCUT2D eigenvalue weighted by atomic mass is 19.4. The Bertz CT molecular complexity index is 873. The van der Waals surface area contributed by atoms with E-state index in [1.807, 2.05) is 0 Å². The van der Waals surface area contributed by atoms with Gasteiger partial charge in [0.2, 0.25) is 11.8 Å². The quantitative estimate of drug-likeness (QED) is 0.808. The zero-order valence-corrected chi connectivity index (χ0v) is 16.3. The lowest BCUT2D eigenvalue weighted by Crippen LogP contribution is -2.35. The summed E-state index contributed by atoms with van der Waals surface area (Å²) in [7, 11) is 0. The summed E-state index contributed by atoms with van der Waals surface area (Å²) in [6.45, 7) is 5.20. The molecular weight excluding hydrogens is 385 g/mol. The molecule has 1 aromatic heterocycles. The molecule has 29 heavy (non-hydrogen) atoms. The van der Waals surface area contributed by atoms with E-state index in [1.54, 1.807) is 13.0 Å². The molecule has 3 rings (SSSR count). The number of hydrogen-bond donors (Lipinski definition) is 1. The second kappa shape index (κ2) is 8.67. The summed E-state index contributed by atoms with van der Waals surface area (Å²) >= 11 is 0. The van der Waals surface area contributed by atoms with Gasteiger partial charge in [0.25, 0.3) is 5.91 Å². The maximum atomic E-state index is 13.0. The lowest BCUT2D eigenvalue weighted by atomic mass is 10.0. The fourth-order valence-electron chi connectivity index (χ4n) is 3.28. The zero-order valence-electron chi connectivity index (χ0n) is 16.3. The highest BCUT2D eigenvalue weighted by Crippen LogP contribution is 2.34. The first-order valence-corrected chi connectivity index (χ1v) is 9.42. The van der Waals surface area contributed by atoms with E-state index in [2.05, 4.69) is 27.1 Å². The van der Waals surface area contributed by atoms with E-state index in [4.69, 9.17) is 4.74 Å². The maximum absolute atomic E-state index is 13.0. The van der Waals surface area contributed by atoms with Gasteiger partial charge in [-0.15, -0.1) is 0 Å². The van der Waals surface area contributed by atoms with E-state index in [9.17, 15) is 18.0 Å². The smallest absolute Gasteiger partial charge is 0.418 e. The summed E-state index contributed by atoms with van der Waals surface area (Å²) in [4.78, 5) is 23.0. The Morgan fingerprint density at radius 3 is 2.79 bits per heavy atom. The Labute approximate surface area is 167 Å². The van der Waals surface area contributed by atoms with Crippen LogP contribution >= 0.6 is 0 Å². The van der Waals surface area contributed by atoms with E-state index in [1.165, 1.54) is 18.2 Å². The van der Waals surface area contributed by atoms with Gasteiger partial charge in [0.05, 0.1) is 11.3 Å². The number of carbonyl (C=O) groups is 1. The number of nitrogens with one attached hydrogen (secondary N) is 1. The molecule has 1 aliphatic heterocycles. The van der Waals surface area contributed by atoms with Crippen molar-refractivity contribution in [3.63, 3.8) is 0 Å². The molecule has 1 atom stereocenters. The zero-order chi connectivity index (χ0) is 21.0. The molecule has 1 aromatic carbocycles. The summed E-state index contributed by atoms with van der Waals surface area (Å²) in [5, 5.41) is 2.25. The number of carbonyl (C=O) groups excluding carboxylic acids is 1. The summed E-state index contributed by atoms with van der Waals surface area (Å²) in [5.74, 6) is 0.585. The molecule has 2 heterocycles. The minimum absolute atomic E-state index is 0.213. The Morgan fingerprint density at radius 1 is 1.31 bits per heavy atom. The summed E-state index contributed by atoms with van der Waals surface area (Å²) in [6.07, 6.45) is -2.35. The van der Waals surface area contributed by atoms with E-state index in [-0.39, 0.29) is 11.6 Å². The fraction of sp³-hybridized carbons (Fsp3) is 0.450. The molecule has 6 nitrogen and oxygen atoms in total. The SMILES string of the molecule is Cc1cc(OCC(=O)Nc2ccccc2C(F)(F)F)nc(N2CCCC(C)C2)n1. The van der Waals surface area contributed by atoms with E-state index in [0.29, 0.717) is 17.6 Å². The number of anilines is 2. The Kier molecular flexibility index (Phi) is 6.24. The average Bonchev–Trinajstić information content (AvgIpc) is 2.65. The molecule has 9 heteroatoms. The number of aromatic nitrogens is 2. The lowest BCUT2D eigenvalue weighted by molar-refractivity contribution is -0.137. The van der Waals surface area contributed by atoms with Gasteiger partial charge in [-0.05, 0) is 37.8 Å². The van der Waals surface area contributed by atoms with Crippen LogP contribution in [0.2, 0.25) is 0 Å². The topological polar surface area (TPSA) is 67.3 Å².